The summed E-state index contributed by atoms with van der Waals surface area (Å²) in [5.41, 5.74) is 0. The average molecular weight is 174 g/mol. The number of alkyl halides is 1. The zero-order chi connectivity index (χ0) is 7.94. The first-order valence-electron chi connectivity index (χ1n) is 3.83. The molecule has 0 saturated heterocycles. The minimum absolute atomic E-state index is 0.761. The molecule has 0 aliphatic carbocycles. The first kappa shape index (κ1) is 8.53. The molecule has 0 radical (unpaired) electrons. The van der Waals surface area contributed by atoms with E-state index in [-0.39, 0.29) is 0 Å². The molecule has 3 nitrogen and oxygen atoms in total. The number of aryl methyl sites for hydroxylation is 1. The summed E-state index contributed by atoms with van der Waals surface area (Å²) in [6.45, 7) is 0.955. The molecule has 0 fully saturated rings. The van der Waals surface area contributed by atoms with Gasteiger partial charge in [0.25, 0.3) is 0 Å². The number of rotatable bonds is 5. The highest BCUT2D eigenvalue weighted by Crippen LogP contribution is 1.98. The average Bonchev–Trinajstić information content (AvgIpc) is 2.50. The number of halogens is 1. The standard InChI is InChI=1S/C7H12ClN3/c8-4-2-1-3-6-11-7-5-9-10-11/h5,7H,1-4,6H2. The van der Waals surface area contributed by atoms with Gasteiger partial charge in [0, 0.05) is 18.6 Å². The number of unbranched alkanes of at least 4 members (excludes halogenated alkanes) is 2. The number of hydrogen-bond acceptors (Lipinski definition) is 2. The Morgan fingerprint density at radius 1 is 1.27 bits per heavy atom. The molecule has 1 rings (SSSR count). The largest absolute Gasteiger partial charge is 0.253 e. The van der Waals surface area contributed by atoms with Crippen molar-refractivity contribution in [1.82, 2.24) is 15.0 Å². The van der Waals surface area contributed by atoms with Gasteiger partial charge in [-0.1, -0.05) is 11.6 Å². The summed E-state index contributed by atoms with van der Waals surface area (Å²) >= 11 is 5.53. The molecule has 62 valence electrons. The van der Waals surface area contributed by atoms with E-state index in [9.17, 15) is 0 Å². The van der Waals surface area contributed by atoms with E-state index in [1.165, 1.54) is 6.42 Å². The maximum absolute atomic E-state index is 5.53. The lowest BCUT2D eigenvalue weighted by molar-refractivity contribution is 0.538. The second-order valence-corrected chi connectivity index (χ2v) is 2.79. The minimum Gasteiger partial charge on any atom is -0.253 e. The van der Waals surface area contributed by atoms with Crippen molar-refractivity contribution in [3.05, 3.63) is 12.4 Å². The van der Waals surface area contributed by atoms with Crippen LogP contribution in [0.15, 0.2) is 12.4 Å². The van der Waals surface area contributed by atoms with Gasteiger partial charge in [0.05, 0.1) is 6.20 Å². The lowest BCUT2D eigenvalue weighted by atomic mass is 10.2. The smallest absolute Gasteiger partial charge is 0.0692 e. The van der Waals surface area contributed by atoms with E-state index in [0.29, 0.717) is 0 Å². The molecule has 0 unspecified atom stereocenters. The van der Waals surface area contributed by atoms with Crippen molar-refractivity contribution in [2.45, 2.75) is 25.8 Å². The van der Waals surface area contributed by atoms with Gasteiger partial charge in [0.1, 0.15) is 0 Å². The summed E-state index contributed by atoms with van der Waals surface area (Å²) in [5, 5.41) is 7.56. The van der Waals surface area contributed by atoms with E-state index >= 15 is 0 Å². The van der Waals surface area contributed by atoms with Gasteiger partial charge >= 0.3 is 0 Å². The molecule has 0 spiro atoms. The third-order valence-electron chi connectivity index (χ3n) is 1.49. The van der Waals surface area contributed by atoms with Crippen molar-refractivity contribution < 1.29 is 0 Å². The fourth-order valence-electron chi connectivity index (χ4n) is 0.897. The van der Waals surface area contributed by atoms with Crippen LogP contribution in [0.1, 0.15) is 19.3 Å². The Morgan fingerprint density at radius 2 is 2.18 bits per heavy atom. The van der Waals surface area contributed by atoms with Crippen molar-refractivity contribution >= 4 is 11.6 Å². The third-order valence-corrected chi connectivity index (χ3v) is 1.76. The molecule has 1 aromatic heterocycles. The first-order valence-corrected chi connectivity index (χ1v) is 4.37. The molecule has 0 aromatic carbocycles. The Morgan fingerprint density at radius 3 is 2.82 bits per heavy atom. The predicted molar refractivity (Wildman–Crippen MR) is 44.6 cm³/mol. The Bertz CT molecular complexity index is 174. The number of hydrogen-bond donors (Lipinski definition) is 0. The van der Waals surface area contributed by atoms with E-state index in [1.54, 1.807) is 6.20 Å². The molecule has 0 aliphatic rings. The summed E-state index contributed by atoms with van der Waals surface area (Å²) < 4.78 is 1.84. The van der Waals surface area contributed by atoms with Gasteiger partial charge in [0.15, 0.2) is 0 Å². The van der Waals surface area contributed by atoms with Gasteiger partial charge in [-0.3, -0.25) is 4.68 Å². The lowest BCUT2D eigenvalue weighted by Crippen LogP contribution is -1.98. The Kier molecular flexibility index (Phi) is 3.98. The van der Waals surface area contributed by atoms with Gasteiger partial charge in [-0.25, -0.2) is 0 Å². The quantitative estimate of drug-likeness (QED) is 0.501. The van der Waals surface area contributed by atoms with E-state index in [1.807, 2.05) is 10.9 Å². The van der Waals surface area contributed by atoms with Crippen LogP contribution in [0.4, 0.5) is 0 Å². The normalized spacial score (nSPS) is 10.3. The highest BCUT2D eigenvalue weighted by molar-refractivity contribution is 6.17. The fraction of sp³-hybridized carbons (Fsp3) is 0.714. The summed E-state index contributed by atoms with van der Waals surface area (Å²) in [7, 11) is 0. The van der Waals surface area contributed by atoms with Gasteiger partial charge in [-0.15, -0.1) is 16.7 Å². The molecule has 4 heteroatoms. The van der Waals surface area contributed by atoms with Gasteiger partial charge in [-0.2, -0.15) is 0 Å². The Labute approximate surface area is 71.4 Å². The topological polar surface area (TPSA) is 30.7 Å². The molecule has 0 bridgehead atoms. The predicted octanol–water partition coefficient (Wildman–Crippen LogP) is 1.69. The molecule has 0 saturated carbocycles. The van der Waals surface area contributed by atoms with Crippen molar-refractivity contribution in [2.75, 3.05) is 5.88 Å². The summed E-state index contributed by atoms with van der Waals surface area (Å²) in [4.78, 5) is 0. The molecule has 0 N–H and O–H groups in total. The third kappa shape index (κ3) is 3.37. The van der Waals surface area contributed by atoms with Crippen LogP contribution in [0.3, 0.4) is 0 Å². The second-order valence-electron chi connectivity index (χ2n) is 2.42. The lowest BCUT2D eigenvalue weighted by Gasteiger charge is -1.97. The molecule has 0 atom stereocenters. The second kappa shape index (κ2) is 5.13. The van der Waals surface area contributed by atoms with Gasteiger partial charge < -0.3 is 0 Å². The maximum atomic E-state index is 5.53. The monoisotopic (exact) mass is 173 g/mol. The van der Waals surface area contributed by atoms with Crippen molar-refractivity contribution in [3.8, 4) is 0 Å². The zero-order valence-corrected chi connectivity index (χ0v) is 7.17. The maximum Gasteiger partial charge on any atom is 0.0692 e. The van der Waals surface area contributed by atoms with E-state index in [0.717, 1.165) is 25.3 Å². The molecule has 0 aliphatic heterocycles. The summed E-state index contributed by atoms with van der Waals surface area (Å²) in [6.07, 6.45) is 6.97. The van der Waals surface area contributed by atoms with Gasteiger partial charge in [-0.05, 0) is 12.8 Å². The molecule has 1 aromatic rings. The van der Waals surface area contributed by atoms with Crippen LogP contribution in [0.2, 0.25) is 0 Å². The van der Waals surface area contributed by atoms with E-state index < -0.39 is 0 Å². The van der Waals surface area contributed by atoms with Crippen LogP contribution < -0.4 is 0 Å². The highest BCUT2D eigenvalue weighted by Gasteiger charge is 1.90. The van der Waals surface area contributed by atoms with Crippen LogP contribution in [-0.4, -0.2) is 20.9 Å². The first-order chi connectivity index (χ1) is 5.43. The molecular formula is C7H12ClN3. The van der Waals surface area contributed by atoms with Crippen LogP contribution in [-0.2, 0) is 6.54 Å². The molecule has 11 heavy (non-hydrogen) atoms. The summed E-state index contributed by atoms with van der Waals surface area (Å²) in [6, 6.07) is 0. The van der Waals surface area contributed by atoms with Crippen LogP contribution in [0, 0.1) is 0 Å². The number of nitrogens with zero attached hydrogens (tertiary/aromatic N) is 3. The van der Waals surface area contributed by atoms with Crippen molar-refractivity contribution in [3.63, 3.8) is 0 Å². The van der Waals surface area contributed by atoms with Gasteiger partial charge in [0.2, 0.25) is 0 Å². The zero-order valence-electron chi connectivity index (χ0n) is 6.41. The molecule has 0 amide bonds. The van der Waals surface area contributed by atoms with E-state index in [2.05, 4.69) is 10.3 Å². The minimum atomic E-state index is 0.761. The van der Waals surface area contributed by atoms with Crippen LogP contribution in [0.5, 0.6) is 0 Å². The van der Waals surface area contributed by atoms with Crippen LogP contribution in [0.25, 0.3) is 0 Å². The van der Waals surface area contributed by atoms with Crippen molar-refractivity contribution in [2.24, 2.45) is 0 Å². The van der Waals surface area contributed by atoms with E-state index in [4.69, 9.17) is 11.6 Å². The molecule has 1 heterocycles. The van der Waals surface area contributed by atoms with Crippen LogP contribution >= 0.6 is 11.6 Å². The van der Waals surface area contributed by atoms with Crippen molar-refractivity contribution in [1.29, 1.82) is 0 Å². The summed E-state index contributed by atoms with van der Waals surface area (Å²) in [5.74, 6) is 0.761. The molecular weight excluding hydrogens is 162 g/mol. The SMILES string of the molecule is ClCCCCCn1ccnn1. The fourth-order valence-corrected chi connectivity index (χ4v) is 1.09. The highest BCUT2D eigenvalue weighted by atomic mass is 35.5. The number of aromatic nitrogens is 3. The Hall–Kier alpha value is -0.570. The Balaban J connectivity index is 2.04.